The van der Waals surface area contributed by atoms with Crippen LogP contribution in [0.1, 0.15) is 24.3 Å². The number of thiophene rings is 1. The van der Waals surface area contributed by atoms with E-state index in [-0.39, 0.29) is 30.1 Å². The molecule has 0 aliphatic heterocycles. The number of guanidine groups is 1. The summed E-state index contributed by atoms with van der Waals surface area (Å²) in [6.45, 7) is 5.57. The van der Waals surface area contributed by atoms with Crippen molar-refractivity contribution in [3.63, 3.8) is 0 Å². The lowest BCUT2D eigenvalue weighted by molar-refractivity contribution is 0.242. The quantitative estimate of drug-likeness (QED) is 0.219. The maximum Gasteiger partial charge on any atom is 0.195 e. The van der Waals surface area contributed by atoms with Crippen molar-refractivity contribution in [3.8, 4) is 5.75 Å². The molecule has 0 radical (unpaired) electrons. The van der Waals surface area contributed by atoms with Gasteiger partial charge in [0, 0.05) is 42.5 Å². The van der Waals surface area contributed by atoms with Crippen LogP contribution in [0.25, 0.3) is 0 Å². The highest BCUT2D eigenvalue weighted by molar-refractivity contribution is 14.0. The molecule has 7 heteroatoms. The van der Waals surface area contributed by atoms with Gasteiger partial charge in [0.25, 0.3) is 0 Å². The average Bonchev–Trinajstić information content (AvgIpc) is 3.23. The van der Waals surface area contributed by atoms with Gasteiger partial charge in [0.05, 0.1) is 6.10 Å². The van der Waals surface area contributed by atoms with Gasteiger partial charge in [-0.3, -0.25) is 9.98 Å². The van der Waals surface area contributed by atoms with E-state index in [1.54, 1.807) is 17.5 Å². The molecule has 160 valence electrons. The van der Waals surface area contributed by atoms with Crippen LogP contribution < -0.4 is 15.4 Å². The van der Waals surface area contributed by atoms with E-state index in [0.717, 1.165) is 43.3 Å². The molecule has 0 fully saturated rings. The van der Waals surface area contributed by atoms with Gasteiger partial charge >= 0.3 is 0 Å². The summed E-state index contributed by atoms with van der Waals surface area (Å²) in [6, 6.07) is 16.2. The van der Waals surface area contributed by atoms with E-state index in [0.29, 0.717) is 0 Å². The van der Waals surface area contributed by atoms with Crippen molar-refractivity contribution in [1.29, 1.82) is 0 Å². The molecule has 1 aromatic carbocycles. The van der Waals surface area contributed by atoms with Gasteiger partial charge in [0.2, 0.25) is 0 Å². The van der Waals surface area contributed by atoms with Crippen LogP contribution >= 0.6 is 35.3 Å². The fraction of sp³-hybridized carbons (Fsp3) is 0.304. The lowest BCUT2D eigenvalue weighted by Crippen LogP contribution is -2.32. The molecule has 3 rings (SSSR count). The Morgan fingerprint density at radius 2 is 1.93 bits per heavy atom. The first-order chi connectivity index (χ1) is 14.2. The van der Waals surface area contributed by atoms with Gasteiger partial charge in [-0.2, -0.15) is 0 Å². The van der Waals surface area contributed by atoms with Gasteiger partial charge in [0.1, 0.15) is 5.75 Å². The first-order valence-electron chi connectivity index (χ1n) is 9.92. The highest BCUT2D eigenvalue weighted by atomic mass is 127. The molecule has 0 saturated heterocycles. The number of nitrogens with one attached hydrogen (secondary N) is 2. The number of hydrogen-bond donors (Lipinski definition) is 2. The molecule has 0 amide bonds. The summed E-state index contributed by atoms with van der Waals surface area (Å²) in [5.41, 5.74) is 2.18. The van der Waals surface area contributed by atoms with Crippen LogP contribution in [-0.4, -0.2) is 30.1 Å². The molecule has 0 spiro atoms. The second kappa shape index (κ2) is 13.2. The molecule has 2 aromatic heterocycles. The number of hydrogen-bond acceptors (Lipinski definition) is 4. The number of rotatable bonds is 9. The summed E-state index contributed by atoms with van der Waals surface area (Å²) in [5.74, 6) is 1.65. The number of aliphatic imine (C=N–C) groups is 1. The Morgan fingerprint density at radius 3 is 2.60 bits per heavy atom. The average molecular weight is 536 g/mol. The van der Waals surface area contributed by atoms with E-state index in [2.05, 4.69) is 39.2 Å². The van der Waals surface area contributed by atoms with E-state index < -0.39 is 0 Å². The molecule has 0 aliphatic rings. The van der Waals surface area contributed by atoms with Gasteiger partial charge in [0.15, 0.2) is 5.96 Å². The molecule has 0 bridgehead atoms. The molecule has 2 N–H and O–H groups in total. The van der Waals surface area contributed by atoms with E-state index >= 15 is 0 Å². The molecule has 0 saturated carbocycles. The minimum absolute atomic E-state index is 0. The first-order valence-corrected chi connectivity index (χ1v) is 10.8. The molecule has 30 heavy (non-hydrogen) atoms. The third-order valence-electron chi connectivity index (χ3n) is 4.13. The van der Waals surface area contributed by atoms with Crippen LogP contribution in [0.4, 0.5) is 5.69 Å². The van der Waals surface area contributed by atoms with Crippen molar-refractivity contribution in [2.45, 2.75) is 32.8 Å². The lowest BCUT2D eigenvalue weighted by Gasteiger charge is -2.14. The van der Waals surface area contributed by atoms with Crippen LogP contribution in [0, 0.1) is 0 Å². The highest BCUT2D eigenvalue weighted by Gasteiger charge is 2.03. The summed E-state index contributed by atoms with van der Waals surface area (Å²) in [4.78, 5) is 10.3. The van der Waals surface area contributed by atoms with Crippen LogP contribution in [0.3, 0.4) is 0 Å². The summed E-state index contributed by atoms with van der Waals surface area (Å²) in [5, 5.41) is 8.93. The Kier molecular flexibility index (Phi) is 10.6. The number of pyridine rings is 1. The Morgan fingerprint density at radius 1 is 1.10 bits per heavy atom. The number of anilines is 1. The minimum Gasteiger partial charge on any atom is -0.491 e. The predicted molar refractivity (Wildman–Crippen MR) is 138 cm³/mol. The largest absolute Gasteiger partial charge is 0.491 e. The topological polar surface area (TPSA) is 58.5 Å². The highest BCUT2D eigenvalue weighted by Crippen LogP contribution is 2.17. The van der Waals surface area contributed by atoms with Crippen LogP contribution in [0.2, 0.25) is 0 Å². The summed E-state index contributed by atoms with van der Waals surface area (Å²) < 4.78 is 5.72. The third kappa shape index (κ3) is 8.71. The zero-order chi connectivity index (χ0) is 20.3. The van der Waals surface area contributed by atoms with Crippen LogP contribution in [0.15, 0.2) is 71.3 Å². The second-order valence-corrected chi connectivity index (χ2v) is 7.95. The molecule has 2 heterocycles. The van der Waals surface area contributed by atoms with Crippen LogP contribution in [0.5, 0.6) is 5.75 Å². The van der Waals surface area contributed by atoms with E-state index in [4.69, 9.17) is 9.73 Å². The lowest BCUT2D eigenvalue weighted by atomic mass is 10.2. The maximum atomic E-state index is 5.72. The zero-order valence-electron chi connectivity index (χ0n) is 17.4. The molecule has 0 atom stereocenters. The molecule has 0 aliphatic carbocycles. The Labute approximate surface area is 200 Å². The monoisotopic (exact) mass is 536 g/mol. The smallest absolute Gasteiger partial charge is 0.195 e. The third-order valence-corrected chi connectivity index (χ3v) is 5.06. The Hall–Kier alpha value is -2.13. The van der Waals surface area contributed by atoms with Gasteiger partial charge in [-0.1, -0.05) is 12.1 Å². The predicted octanol–water partition coefficient (Wildman–Crippen LogP) is 5.39. The van der Waals surface area contributed by atoms with E-state index in [9.17, 15) is 0 Å². The van der Waals surface area contributed by atoms with Crippen molar-refractivity contribution >= 4 is 47.0 Å². The van der Waals surface area contributed by atoms with Gasteiger partial charge in [-0.15, -0.1) is 35.3 Å². The minimum atomic E-state index is 0. The SMILES string of the molecule is CC(C)Oc1ccc(NC(=NCCc2cccs2)NCCc2cccnc2)cc1.I. The summed E-state index contributed by atoms with van der Waals surface area (Å²) >= 11 is 1.77. The summed E-state index contributed by atoms with van der Waals surface area (Å²) in [6.07, 6.45) is 5.69. The molecular formula is C23H29IN4OS. The van der Waals surface area contributed by atoms with E-state index in [1.807, 2.05) is 50.4 Å². The van der Waals surface area contributed by atoms with Crippen molar-refractivity contribution in [1.82, 2.24) is 10.3 Å². The summed E-state index contributed by atoms with van der Waals surface area (Å²) in [7, 11) is 0. The van der Waals surface area contributed by atoms with Crippen molar-refractivity contribution in [2.75, 3.05) is 18.4 Å². The first kappa shape index (κ1) is 24.1. The fourth-order valence-electron chi connectivity index (χ4n) is 2.77. The second-order valence-electron chi connectivity index (χ2n) is 6.91. The maximum absolute atomic E-state index is 5.72. The fourth-order valence-corrected chi connectivity index (χ4v) is 3.47. The molecule has 0 unspecified atom stereocenters. The normalized spacial score (nSPS) is 11.1. The van der Waals surface area contributed by atoms with Gasteiger partial charge < -0.3 is 15.4 Å². The number of aromatic nitrogens is 1. The Bertz CT molecular complexity index is 868. The standard InChI is InChI=1S/C23H28N4OS.HI/c1-18(2)28-21-9-7-20(8-10-21)27-23(26-15-12-22-6-4-16-29-22)25-14-11-19-5-3-13-24-17-19;/h3-10,13,16-18H,11-12,14-15H2,1-2H3,(H2,25,26,27);1H. The van der Waals surface area contributed by atoms with Gasteiger partial charge in [-0.25, -0.2) is 0 Å². The number of halogens is 1. The number of ether oxygens (including phenoxy) is 1. The number of nitrogens with zero attached hydrogens (tertiary/aromatic N) is 2. The zero-order valence-corrected chi connectivity index (χ0v) is 20.5. The van der Waals surface area contributed by atoms with Gasteiger partial charge in [-0.05, 0) is 67.6 Å². The van der Waals surface area contributed by atoms with Crippen molar-refractivity contribution in [2.24, 2.45) is 4.99 Å². The van der Waals surface area contributed by atoms with Crippen LogP contribution in [-0.2, 0) is 12.8 Å². The van der Waals surface area contributed by atoms with E-state index in [1.165, 1.54) is 10.4 Å². The number of benzene rings is 1. The molecular weight excluding hydrogens is 507 g/mol. The molecule has 3 aromatic rings. The Balaban J connectivity index is 0.00000320. The van der Waals surface area contributed by atoms with Crippen molar-refractivity contribution in [3.05, 3.63) is 76.7 Å². The van der Waals surface area contributed by atoms with Crippen molar-refractivity contribution < 1.29 is 4.74 Å². The molecule has 5 nitrogen and oxygen atoms in total.